The molecule has 2 aromatic carbocycles. The number of aliphatic carboxylic acids is 1. The molecule has 0 radical (unpaired) electrons. The van der Waals surface area contributed by atoms with Gasteiger partial charge in [0.1, 0.15) is 11.9 Å². The summed E-state index contributed by atoms with van der Waals surface area (Å²) in [6.07, 6.45) is -3.93. The maximum atomic E-state index is 14.5. The van der Waals surface area contributed by atoms with Crippen molar-refractivity contribution in [3.63, 3.8) is 0 Å². The molecule has 0 bridgehead atoms. The highest BCUT2D eigenvalue weighted by Crippen LogP contribution is 2.41. The van der Waals surface area contributed by atoms with E-state index in [0.29, 0.717) is 55.3 Å². The number of aryl methyl sites for hydroxylation is 1. The van der Waals surface area contributed by atoms with Gasteiger partial charge in [0.2, 0.25) is 0 Å². The normalized spacial score (nSPS) is 22.3. The van der Waals surface area contributed by atoms with Crippen molar-refractivity contribution in [2.24, 2.45) is 0 Å². The van der Waals surface area contributed by atoms with E-state index in [-0.39, 0.29) is 12.0 Å². The molecule has 6 nitrogen and oxygen atoms in total. The second kappa shape index (κ2) is 15.8. The van der Waals surface area contributed by atoms with Gasteiger partial charge >= 0.3 is 12.1 Å². The van der Waals surface area contributed by atoms with Gasteiger partial charge in [0.05, 0.1) is 6.10 Å². The molecule has 1 unspecified atom stereocenters. The lowest BCUT2D eigenvalue weighted by Crippen LogP contribution is -2.50. The van der Waals surface area contributed by atoms with Crippen LogP contribution in [0.1, 0.15) is 93.1 Å². The third-order valence-corrected chi connectivity index (χ3v) is 10.0. The molecule has 3 atom stereocenters. The van der Waals surface area contributed by atoms with Gasteiger partial charge in [-0.2, -0.15) is 13.2 Å². The lowest BCUT2D eigenvalue weighted by atomic mass is 9.77. The highest BCUT2D eigenvalue weighted by Gasteiger charge is 2.40. The average Bonchev–Trinajstić information content (AvgIpc) is 2.97. The molecule has 1 heterocycles. The predicted molar refractivity (Wildman–Crippen MR) is 173 cm³/mol. The summed E-state index contributed by atoms with van der Waals surface area (Å²) >= 11 is 6.28. The van der Waals surface area contributed by atoms with Crippen molar-refractivity contribution < 1.29 is 32.2 Å². The first-order valence-electron chi connectivity index (χ1n) is 16.3. The summed E-state index contributed by atoms with van der Waals surface area (Å²) in [5, 5.41) is 10.9. The third-order valence-electron chi connectivity index (χ3n) is 9.81. The van der Waals surface area contributed by atoms with Crippen LogP contribution in [-0.2, 0) is 9.53 Å². The van der Waals surface area contributed by atoms with Crippen LogP contribution in [0.3, 0.4) is 0 Å². The third kappa shape index (κ3) is 9.22. The van der Waals surface area contributed by atoms with Crippen LogP contribution < -0.4 is 0 Å². The second-order valence-corrected chi connectivity index (χ2v) is 13.7. The van der Waals surface area contributed by atoms with Gasteiger partial charge in [0, 0.05) is 49.8 Å². The second-order valence-electron chi connectivity index (χ2n) is 13.3. The van der Waals surface area contributed by atoms with Crippen LogP contribution in [-0.4, -0.2) is 90.0 Å². The highest BCUT2D eigenvalue weighted by molar-refractivity contribution is 6.30. The molecule has 256 valence electrons. The average molecular weight is 670 g/mol. The van der Waals surface area contributed by atoms with Crippen molar-refractivity contribution in [2.45, 2.75) is 102 Å². The summed E-state index contributed by atoms with van der Waals surface area (Å²) in [6, 6.07) is 9.66. The van der Waals surface area contributed by atoms with E-state index in [4.69, 9.17) is 16.3 Å². The minimum absolute atomic E-state index is 0.0203. The van der Waals surface area contributed by atoms with Crippen molar-refractivity contribution in [1.29, 1.82) is 0 Å². The molecule has 0 aromatic heterocycles. The molecule has 1 aliphatic heterocycles. The van der Waals surface area contributed by atoms with E-state index in [9.17, 15) is 27.5 Å². The number of hydrogen-bond acceptors (Lipinski definition) is 5. The first kappa shape index (κ1) is 36.6. The SMILES string of the molecule is Cc1cccc([C@@H](C(=O)O)N(C)CC[C@@H](c2cc(F)cc(Cl)c2)N2CCN(C(C)C)CC2)c1C1CCC(OC(C)C(F)(F)F)CC1. The number of ether oxygens (including phenoxy) is 1. The number of carboxylic acid groups (broad SMARTS) is 1. The summed E-state index contributed by atoms with van der Waals surface area (Å²) in [6.45, 7) is 11.2. The highest BCUT2D eigenvalue weighted by atomic mass is 35.5. The predicted octanol–water partition coefficient (Wildman–Crippen LogP) is 8.00. The minimum Gasteiger partial charge on any atom is -0.480 e. The van der Waals surface area contributed by atoms with E-state index in [1.54, 1.807) is 13.1 Å². The number of carboxylic acids is 1. The van der Waals surface area contributed by atoms with E-state index in [2.05, 4.69) is 23.6 Å². The molecule has 2 fully saturated rings. The maximum absolute atomic E-state index is 14.5. The Morgan fingerprint density at radius 1 is 1.04 bits per heavy atom. The molecule has 46 heavy (non-hydrogen) atoms. The van der Waals surface area contributed by atoms with Crippen molar-refractivity contribution in [3.05, 3.63) is 69.5 Å². The summed E-state index contributed by atoms with van der Waals surface area (Å²) in [5.74, 6) is -1.35. The van der Waals surface area contributed by atoms with E-state index in [1.165, 1.54) is 12.1 Å². The van der Waals surface area contributed by atoms with Gasteiger partial charge in [-0.05, 0) is 113 Å². The molecule has 2 aliphatic rings. The summed E-state index contributed by atoms with van der Waals surface area (Å²) in [7, 11) is 1.81. The van der Waals surface area contributed by atoms with E-state index in [1.807, 2.05) is 30.0 Å². The van der Waals surface area contributed by atoms with Crippen LogP contribution in [0.4, 0.5) is 17.6 Å². The van der Waals surface area contributed by atoms with E-state index in [0.717, 1.165) is 49.8 Å². The molecule has 0 amide bonds. The number of alkyl halides is 3. The van der Waals surface area contributed by atoms with Crippen LogP contribution >= 0.6 is 11.6 Å². The number of carbonyl (C=O) groups is 1. The van der Waals surface area contributed by atoms with Gasteiger partial charge < -0.3 is 9.84 Å². The van der Waals surface area contributed by atoms with Crippen molar-refractivity contribution >= 4 is 17.6 Å². The standard InChI is InChI=1S/C35H48ClF4N3O3/c1-22(2)42-15-17-43(18-16-42)31(26-19-27(36)21-28(37)20-26)13-14-41(5)33(34(44)45)30-8-6-7-23(3)32(30)25-9-11-29(12-10-25)46-24(4)35(38,39)40/h6-8,19-22,24-25,29,31,33H,9-18H2,1-5H3,(H,44,45)/t24?,25?,29?,31-,33-/m0/s1. The Morgan fingerprint density at radius 2 is 1.67 bits per heavy atom. The summed E-state index contributed by atoms with van der Waals surface area (Å²) in [5.41, 5.74) is 3.42. The number of hydrogen-bond donors (Lipinski definition) is 1. The van der Waals surface area contributed by atoms with Crippen LogP contribution in [0.2, 0.25) is 5.02 Å². The molecular weight excluding hydrogens is 622 g/mol. The number of rotatable bonds is 12. The molecule has 1 N–H and O–H groups in total. The Labute approximate surface area is 275 Å². The Balaban J connectivity index is 1.53. The molecule has 2 aromatic rings. The first-order chi connectivity index (χ1) is 21.6. The number of halogens is 5. The van der Waals surface area contributed by atoms with Gasteiger partial charge in [-0.25, -0.2) is 4.39 Å². The number of piperazine rings is 1. The summed E-state index contributed by atoms with van der Waals surface area (Å²) < 4.78 is 59.1. The van der Waals surface area contributed by atoms with Gasteiger partial charge in [-0.1, -0.05) is 29.8 Å². The lowest BCUT2D eigenvalue weighted by molar-refractivity contribution is -0.229. The first-order valence-corrected chi connectivity index (χ1v) is 16.7. The van der Waals surface area contributed by atoms with Gasteiger partial charge in [-0.15, -0.1) is 0 Å². The zero-order valence-corrected chi connectivity index (χ0v) is 28.3. The zero-order chi connectivity index (χ0) is 33.8. The van der Waals surface area contributed by atoms with Gasteiger partial charge in [-0.3, -0.25) is 19.5 Å². The fourth-order valence-electron chi connectivity index (χ4n) is 7.26. The van der Waals surface area contributed by atoms with Gasteiger partial charge in [0.25, 0.3) is 0 Å². The Bertz CT molecular complexity index is 1290. The molecule has 11 heteroatoms. The fourth-order valence-corrected chi connectivity index (χ4v) is 7.49. The quantitative estimate of drug-likeness (QED) is 0.231. The zero-order valence-electron chi connectivity index (χ0n) is 27.5. The Kier molecular flexibility index (Phi) is 12.5. The molecule has 4 rings (SSSR count). The van der Waals surface area contributed by atoms with Crippen LogP contribution in [0, 0.1) is 12.7 Å². The maximum Gasteiger partial charge on any atom is 0.414 e. The molecule has 1 aliphatic carbocycles. The Hall–Kier alpha value is -2.24. The topological polar surface area (TPSA) is 56.2 Å². The van der Waals surface area contributed by atoms with Crippen LogP contribution in [0.15, 0.2) is 36.4 Å². The largest absolute Gasteiger partial charge is 0.480 e. The monoisotopic (exact) mass is 669 g/mol. The molecule has 0 spiro atoms. The van der Waals surface area contributed by atoms with E-state index < -0.39 is 36.2 Å². The number of benzene rings is 2. The number of likely N-dealkylation sites (N-methyl/N-ethyl adjacent to an activating group) is 1. The molecule has 1 saturated heterocycles. The molecular formula is C35H48ClF4N3O3. The van der Waals surface area contributed by atoms with Crippen LogP contribution in [0.25, 0.3) is 0 Å². The number of nitrogens with zero attached hydrogens (tertiary/aromatic N) is 3. The summed E-state index contributed by atoms with van der Waals surface area (Å²) in [4.78, 5) is 19.5. The van der Waals surface area contributed by atoms with Crippen molar-refractivity contribution in [1.82, 2.24) is 14.7 Å². The van der Waals surface area contributed by atoms with Crippen LogP contribution in [0.5, 0.6) is 0 Å². The Morgan fingerprint density at radius 3 is 2.24 bits per heavy atom. The van der Waals surface area contributed by atoms with Crippen molar-refractivity contribution in [2.75, 3.05) is 39.8 Å². The smallest absolute Gasteiger partial charge is 0.414 e. The van der Waals surface area contributed by atoms with E-state index >= 15 is 0 Å². The van der Waals surface area contributed by atoms with Gasteiger partial charge in [0.15, 0.2) is 6.10 Å². The van der Waals surface area contributed by atoms with Crippen molar-refractivity contribution in [3.8, 4) is 0 Å². The minimum atomic E-state index is -4.40. The fraction of sp³-hybridized carbons (Fsp3) is 0.629. The lowest BCUT2D eigenvalue weighted by Gasteiger charge is -2.41. The molecule has 1 saturated carbocycles.